The largest absolute Gasteiger partial charge is 0.493 e. The minimum atomic E-state index is -0.124. The molecule has 0 fully saturated rings. The summed E-state index contributed by atoms with van der Waals surface area (Å²) in [5, 5.41) is 3.68. The monoisotopic (exact) mass is 474 g/mol. The summed E-state index contributed by atoms with van der Waals surface area (Å²) < 4.78 is 12.7. The molecule has 0 spiro atoms. The number of methoxy groups -OCH3 is 2. The zero-order valence-corrected chi connectivity index (χ0v) is 20.2. The molecule has 0 aliphatic heterocycles. The lowest BCUT2D eigenvalue weighted by Crippen LogP contribution is -2.26. The van der Waals surface area contributed by atoms with Crippen LogP contribution in [0.3, 0.4) is 0 Å². The Kier molecular flexibility index (Phi) is 7.24. The van der Waals surface area contributed by atoms with Crippen molar-refractivity contribution in [1.82, 2.24) is 9.88 Å². The summed E-state index contributed by atoms with van der Waals surface area (Å²) >= 11 is 6.54. The lowest BCUT2D eigenvalue weighted by atomic mass is 10.1. The SMILES string of the molecule is COc1ccc(CCNC(=O)c2cc(-c3ccccc3)n(-c3ccccc3Cl)c2C)cc1OC. The van der Waals surface area contributed by atoms with Gasteiger partial charge in [-0.15, -0.1) is 0 Å². The minimum absolute atomic E-state index is 0.124. The number of hydrogen-bond donors (Lipinski definition) is 1. The summed E-state index contributed by atoms with van der Waals surface area (Å²) in [6, 6.07) is 25.4. The highest BCUT2D eigenvalue weighted by Gasteiger charge is 2.20. The van der Waals surface area contributed by atoms with Gasteiger partial charge in [0.25, 0.3) is 5.91 Å². The number of aromatic nitrogens is 1. The summed E-state index contributed by atoms with van der Waals surface area (Å²) in [7, 11) is 3.22. The first-order valence-corrected chi connectivity index (χ1v) is 11.4. The highest BCUT2D eigenvalue weighted by atomic mass is 35.5. The predicted octanol–water partition coefficient (Wildman–Crippen LogP) is 6.10. The fourth-order valence-electron chi connectivity index (χ4n) is 4.05. The maximum Gasteiger partial charge on any atom is 0.253 e. The van der Waals surface area contributed by atoms with Crippen molar-refractivity contribution in [2.75, 3.05) is 20.8 Å². The molecule has 1 amide bonds. The first-order valence-electron chi connectivity index (χ1n) is 11.0. The van der Waals surface area contributed by atoms with Gasteiger partial charge in [0.1, 0.15) is 0 Å². The number of halogens is 1. The smallest absolute Gasteiger partial charge is 0.253 e. The van der Waals surface area contributed by atoms with Gasteiger partial charge in [-0.1, -0.05) is 60.1 Å². The zero-order valence-electron chi connectivity index (χ0n) is 19.5. The second-order valence-electron chi connectivity index (χ2n) is 7.88. The van der Waals surface area contributed by atoms with Gasteiger partial charge in [-0.25, -0.2) is 0 Å². The van der Waals surface area contributed by atoms with E-state index in [0.717, 1.165) is 28.2 Å². The van der Waals surface area contributed by atoms with Crippen LogP contribution in [0.4, 0.5) is 0 Å². The van der Waals surface area contributed by atoms with Crippen LogP contribution in [0, 0.1) is 6.92 Å². The van der Waals surface area contributed by atoms with Crippen molar-refractivity contribution in [2.45, 2.75) is 13.3 Å². The molecule has 4 rings (SSSR count). The van der Waals surface area contributed by atoms with Gasteiger partial charge in [0, 0.05) is 12.2 Å². The van der Waals surface area contributed by atoms with E-state index in [1.807, 2.05) is 90.4 Å². The van der Waals surface area contributed by atoms with E-state index in [1.165, 1.54) is 0 Å². The summed E-state index contributed by atoms with van der Waals surface area (Å²) in [6.07, 6.45) is 0.669. The van der Waals surface area contributed by atoms with E-state index >= 15 is 0 Å². The van der Waals surface area contributed by atoms with Crippen LogP contribution in [-0.4, -0.2) is 31.2 Å². The van der Waals surface area contributed by atoms with Gasteiger partial charge in [0.15, 0.2) is 11.5 Å². The van der Waals surface area contributed by atoms with Crippen molar-refractivity contribution >= 4 is 17.5 Å². The Morgan fingerprint density at radius 3 is 2.32 bits per heavy atom. The number of amides is 1. The van der Waals surface area contributed by atoms with Crippen molar-refractivity contribution in [3.8, 4) is 28.4 Å². The van der Waals surface area contributed by atoms with E-state index in [-0.39, 0.29) is 5.91 Å². The molecule has 3 aromatic carbocycles. The molecule has 1 aromatic heterocycles. The lowest BCUT2D eigenvalue weighted by molar-refractivity contribution is 0.0953. The molecule has 0 saturated carbocycles. The minimum Gasteiger partial charge on any atom is -0.493 e. The Balaban J connectivity index is 1.59. The molecule has 174 valence electrons. The van der Waals surface area contributed by atoms with Crippen molar-refractivity contribution in [3.05, 3.63) is 101 Å². The quantitative estimate of drug-likeness (QED) is 0.336. The van der Waals surface area contributed by atoms with Gasteiger partial charge in [0.2, 0.25) is 0 Å². The lowest BCUT2D eigenvalue weighted by Gasteiger charge is -2.14. The summed E-state index contributed by atoms with van der Waals surface area (Å²) in [5.41, 5.74) is 5.26. The van der Waals surface area contributed by atoms with Crippen LogP contribution in [0.25, 0.3) is 16.9 Å². The Hall–Kier alpha value is -3.70. The highest BCUT2D eigenvalue weighted by Crippen LogP contribution is 2.32. The molecule has 1 N–H and O–H groups in total. The number of nitrogens with one attached hydrogen (secondary N) is 1. The molecule has 0 atom stereocenters. The first-order chi connectivity index (χ1) is 16.5. The molecule has 6 heteroatoms. The van der Waals surface area contributed by atoms with E-state index in [2.05, 4.69) is 5.32 Å². The third-order valence-corrected chi connectivity index (χ3v) is 6.12. The van der Waals surface area contributed by atoms with E-state index in [4.69, 9.17) is 21.1 Å². The molecule has 0 saturated heterocycles. The van der Waals surface area contributed by atoms with Gasteiger partial charge in [0.05, 0.1) is 36.2 Å². The van der Waals surface area contributed by atoms with Crippen LogP contribution < -0.4 is 14.8 Å². The fourth-order valence-corrected chi connectivity index (χ4v) is 4.27. The highest BCUT2D eigenvalue weighted by molar-refractivity contribution is 6.32. The summed E-state index contributed by atoms with van der Waals surface area (Å²) in [6.45, 7) is 2.44. The number of carbonyl (C=O) groups is 1. The molecule has 0 aliphatic rings. The molecule has 0 radical (unpaired) electrons. The van der Waals surface area contributed by atoms with Gasteiger partial charge in [-0.2, -0.15) is 0 Å². The third-order valence-electron chi connectivity index (χ3n) is 5.80. The molecular weight excluding hydrogens is 448 g/mol. The topological polar surface area (TPSA) is 52.5 Å². The molecule has 0 unspecified atom stereocenters. The van der Waals surface area contributed by atoms with Crippen LogP contribution in [0.5, 0.6) is 11.5 Å². The number of carbonyl (C=O) groups excluding carboxylic acids is 1. The van der Waals surface area contributed by atoms with Crippen molar-refractivity contribution < 1.29 is 14.3 Å². The van der Waals surface area contributed by atoms with Gasteiger partial charge in [-0.3, -0.25) is 4.79 Å². The van der Waals surface area contributed by atoms with Crippen LogP contribution >= 0.6 is 11.6 Å². The Bertz CT molecular complexity index is 1300. The molecule has 1 heterocycles. The van der Waals surface area contributed by atoms with Gasteiger partial charge >= 0.3 is 0 Å². The number of rotatable bonds is 8. The average molecular weight is 475 g/mol. The van der Waals surface area contributed by atoms with Crippen LogP contribution in [0.2, 0.25) is 5.02 Å². The van der Waals surface area contributed by atoms with E-state index in [1.54, 1.807) is 14.2 Å². The molecular formula is C28H27ClN2O3. The average Bonchev–Trinajstić information content (AvgIpc) is 3.21. The summed E-state index contributed by atoms with van der Waals surface area (Å²) in [4.78, 5) is 13.2. The normalized spacial score (nSPS) is 10.7. The van der Waals surface area contributed by atoms with Crippen molar-refractivity contribution in [2.24, 2.45) is 0 Å². The Morgan fingerprint density at radius 1 is 0.912 bits per heavy atom. The van der Waals surface area contributed by atoms with E-state index in [0.29, 0.717) is 35.1 Å². The molecule has 5 nitrogen and oxygen atoms in total. The van der Waals surface area contributed by atoms with Gasteiger partial charge in [-0.05, 0) is 54.8 Å². The number of benzene rings is 3. The zero-order chi connectivity index (χ0) is 24.1. The third kappa shape index (κ3) is 4.80. The van der Waals surface area contributed by atoms with Crippen LogP contribution in [0.1, 0.15) is 21.6 Å². The van der Waals surface area contributed by atoms with E-state index in [9.17, 15) is 4.79 Å². The Labute approximate surface area is 204 Å². The predicted molar refractivity (Wildman–Crippen MR) is 137 cm³/mol. The standard InChI is InChI=1S/C28H27ClN2O3/c1-19-22(28(32)30-16-15-20-13-14-26(33-2)27(17-20)34-3)18-25(21-9-5-4-6-10-21)31(19)24-12-8-7-11-23(24)29/h4-14,17-18H,15-16H2,1-3H3,(H,30,32). The number of ether oxygens (including phenoxy) is 2. The maximum atomic E-state index is 13.2. The van der Waals surface area contributed by atoms with E-state index < -0.39 is 0 Å². The fraction of sp³-hybridized carbons (Fsp3) is 0.179. The van der Waals surface area contributed by atoms with Crippen LogP contribution in [-0.2, 0) is 6.42 Å². The molecule has 34 heavy (non-hydrogen) atoms. The second-order valence-corrected chi connectivity index (χ2v) is 8.28. The van der Waals surface area contributed by atoms with Crippen molar-refractivity contribution in [1.29, 1.82) is 0 Å². The molecule has 4 aromatic rings. The second kappa shape index (κ2) is 10.5. The summed E-state index contributed by atoms with van der Waals surface area (Å²) in [5.74, 6) is 1.23. The van der Waals surface area contributed by atoms with Gasteiger partial charge < -0.3 is 19.4 Å². The Morgan fingerprint density at radius 2 is 1.62 bits per heavy atom. The van der Waals surface area contributed by atoms with Crippen molar-refractivity contribution in [3.63, 3.8) is 0 Å². The van der Waals surface area contributed by atoms with Crippen LogP contribution in [0.15, 0.2) is 78.9 Å². The number of hydrogen-bond acceptors (Lipinski definition) is 3. The maximum absolute atomic E-state index is 13.2. The number of para-hydroxylation sites is 1. The molecule has 0 aliphatic carbocycles. The first kappa shape index (κ1) is 23.5. The number of nitrogens with zero attached hydrogens (tertiary/aromatic N) is 1. The molecule has 0 bridgehead atoms.